The van der Waals surface area contributed by atoms with E-state index in [1.807, 2.05) is 0 Å². The second-order valence-corrected chi connectivity index (χ2v) is 5.01. The molecule has 1 saturated heterocycles. The Morgan fingerprint density at radius 3 is 2.67 bits per heavy atom. The summed E-state index contributed by atoms with van der Waals surface area (Å²) in [5, 5.41) is 9.22. The van der Waals surface area contributed by atoms with Crippen molar-refractivity contribution in [3.63, 3.8) is 0 Å². The van der Waals surface area contributed by atoms with E-state index < -0.39 is 5.97 Å². The molecule has 0 aliphatic carbocycles. The lowest BCUT2D eigenvalue weighted by Crippen LogP contribution is -2.45. The van der Waals surface area contributed by atoms with Crippen LogP contribution < -0.4 is 4.90 Å². The minimum absolute atomic E-state index is 0.0228. The van der Waals surface area contributed by atoms with Crippen LogP contribution in [0.25, 0.3) is 11.6 Å². The van der Waals surface area contributed by atoms with Crippen LogP contribution in [-0.2, 0) is 0 Å². The van der Waals surface area contributed by atoms with Crippen molar-refractivity contribution in [3.8, 4) is 11.6 Å². The molecule has 0 spiro atoms. The lowest BCUT2D eigenvalue weighted by atomic mass is 10.3. The summed E-state index contributed by atoms with van der Waals surface area (Å²) in [5.74, 6) is 0.324. The Kier molecular flexibility index (Phi) is 3.57. The van der Waals surface area contributed by atoms with Crippen LogP contribution >= 0.6 is 0 Å². The van der Waals surface area contributed by atoms with E-state index in [1.165, 1.54) is 12.3 Å². The molecule has 0 amide bonds. The van der Waals surface area contributed by atoms with Gasteiger partial charge >= 0.3 is 5.97 Å². The van der Waals surface area contributed by atoms with Crippen LogP contribution in [0.3, 0.4) is 0 Å². The van der Waals surface area contributed by atoms with Gasteiger partial charge in [0, 0.05) is 32.2 Å². The van der Waals surface area contributed by atoms with E-state index in [4.69, 9.17) is 4.42 Å². The van der Waals surface area contributed by atoms with Crippen LogP contribution in [-0.4, -0.2) is 59.2 Å². The molecule has 0 radical (unpaired) electrons. The number of carbonyl (C=O) groups is 1. The van der Waals surface area contributed by atoms with Gasteiger partial charge in [0.15, 0.2) is 17.3 Å². The fraction of sp³-hybridized carbons (Fsp3) is 0.357. The molecule has 0 unspecified atom stereocenters. The Hall–Kier alpha value is -2.41. The van der Waals surface area contributed by atoms with Crippen LogP contribution in [0.5, 0.6) is 0 Å². The van der Waals surface area contributed by atoms with Gasteiger partial charge in [0.25, 0.3) is 0 Å². The third-order valence-corrected chi connectivity index (χ3v) is 3.50. The number of anilines is 1. The van der Waals surface area contributed by atoms with Crippen molar-refractivity contribution < 1.29 is 14.3 Å². The predicted octanol–water partition coefficient (Wildman–Crippen LogP) is 1.19. The van der Waals surface area contributed by atoms with Crippen molar-refractivity contribution in [2.45, 2.75) is 0 Å². The second kappa shape index (κ2) is 5.53. The molecule has 2 aromatic rings. The van der Waals surface area contributed by atoms with Gasteiger partial charge in [0.2, 0.25) is 0 Å². The minimum Gasteiger partial charge on any atom is -0.477 e. The molecule has 0 bridgehead atoms. The summed E-state index contributed by atoms with van der Waals surface area (Å²) in [6.45, 7) is 3.46. The van der Waals surface area contributed by atoms with Crippen LogP contribution in [0.15, 0.2) is 28.9 Å². The molecule has 3 rings (SSSR count). The standard InChI is InChI=1S/C14H16N4O3/c1-17-4-6-18(7-5-17)12-9-10(14(19)20)15-13(16-12)11-3-2-8-21-11/h2-3,8-9H,4-7H2,1H3,(H,19,20). The van der Waals surface area contributed by atoms with Crippen molar-refractivity contribution in [1.82, 2.24) is 14.9 Å². The number of carboxylic acids is 1. The largest absolute Gasteiger partial charge is 0.477 e. The number of aromatic nitrogens is 2. The average molecular weight is 288 g/mol. The van der Waals surface area contributed by atoms with Gasteiger partial charge in [-0.25, -0.2) is 14.8 Å². The van der Waals surface area contributed by atoms with E-state index in [2.05, 4.69) is 26.8 Å². The number of aromatic carboxylic acids is 1. The predicted molar refractivity (Wildman–Crippen MR) is 76.4 cm³/mol. The molecule has 2 aromatic heterocycles. The maximum atomic E-state index is 11.3. The monoisotopic (exact) mass is 288 g/mol. The quantitative estimate of drug-likeness (QED) is 0.908. The Bertz CT molecular complexity index is 634. The number of piperazine rings is 1. The van der Waals surface area contributed by atoms with Crippen molar-refractivity contribution in [2.75, 3.05) is 38.1 Å². The number of rotatable bonds is 3. The zero-order valence-electron chi connectivity index (χ0n) is 11.7. The summed E-state index contributed by atoms with van der Waals surface area (Å²) in [7, 11) is 2.06. The molecule has 7 nitrogen and oxygen atoms in total. The minimum atomic E-state index is -1.07. The maximum absolute atomic E-state index is 11.3. The van der Waals surface area contributed by atoms with Crippen LogP contribution in [0.4, 0.5) is 5.82 Å². The number of hydrogen-bond donors (Lipinski definition) is 1. The number of nitrogens with zero attached hydrogens (tertiary/aromatic N) is 4. The van der Waals surface area contributed by atoms with Crippen molar-refractivity contribution in [1.29, 1.82) is 0 Å². The van der Waals surface area contributed by atoms with Crippen LogP contribution in [0.2, 0.25) is 0 Å². The van der Waals surface area contributed by atoms with Crippen LogP contribution in [0, 0.1) is 0 Å². The lowest BCUT2D eigenvalue weighted by Gasteiger charge is -2.33. The Balaban J connectivity index is 1.98. The third-order valence-electron chi connectivity index (χ3n) is 3.50. The molecule has 21 heavy (non-hydrogen) atoms. The van der Waals surface area contributed by atoms with Gasteiger partial charge in [-0.3, -0.25) is 0 Å². The summed E-state index contributed by atoms with van der Waals surface area (Å²) in [6.07, 6.45) is 1.52. The van der Waals surface area contributed by atoms with E-state index in [0.717, 1.165) is 26.2 Å². The molecule has 3 heterocycles. The fourth-order valence-electron chi connectivity index (χ4n) is 2.26. The Morgan fingerprint density at radius 2 is 2.05 bits per heavy atom. The SMILES string of the molecule is CN1CCN(c2cc(C(=O)O)nc(-c3ccco3)n2)CC1. The van der Waals surface area contributed by atoms with Gasteiger partial charge in [-0.15, -0.1) is 0 Å². The van der Waals surface area contributed by atoms with Crippen molar-refractivity contribution in [3.05, 3.63) is 30.2 Å². The number of carboxylic acid groups (broad SMARTS) is 1. The fourth-order valence-corrected chi connectivity index (χ4v) is 2.26. The van der Waals surface area contributed by atoms with Crippen molar-refractivity contribution >= 4 is 11.8 Å². The molecule has 1 aliphatic heterocycles. The van der Waals surface area contributed by atoms with Gasteiger partial charge < -0.3 is 19.3 Å². The van der Waals surface area contributed by atoms with Gasteiger partial charge in [-0.05, 0) is 19.2 Å². The Labute approximate surface area is 121 Å². The van der Waals surface area contributed by atoms with E-state index in [0.29, 0.717) is 17.4 Å². The van der Waals surface area contributed by atoms with Crippen molar-refractivity contribution in [2.24, 2.45) is 0 Å². The Morgan fingerprint density at radius 1 is 1.29 bits per heavy atom. The van der Waals surface area contributed by atoms with E-state index in [-0.39, 0.29) is 5.69 Å². The highest BCUT2D eigenvalue weighted by Gasteiger charge is 2.20. The number of likely N-dealkylation sites (N-methyl/N-ethyl adjacent to an activating group) is 1. The lowest BCUT2D eigenvalue weighted by molar-refractivity contribution is 0.0690. The maximum Gasteiger partial charge on any atom is 0.354 e. The highest BCUT2D eigenvalue weighted by Crippen LogP contribution is 2.21. The zero-order valence-corrected chi connectivity index (χ0v) is 11.7. The zero-order chi connectivity index (χ0) is 14.8. The molecule has 0 atom stereocenters. The van der Waals surface area contributed by atoms with Gasteiger partial charge in [0.05, 0.1) is 6.26 Å². The summed E-state index contributed by atoms with van der Waals surface area (Å²) in [6, 6.07) is 4.95. The van der Waals surface area contributed by atoms with Gasteiger partial charge in [0.1, 0.15) is 5.82 Å². The molecule has 1 aliphatic rings. The highest BCUT2D eigenvalue weighted by atomic mass is 16.4. The number of hydrogen-bond acceptors (Lipinski definition) is 6. The highest BCUT2D eigenvalue weighted by molar-refractivity contribution is 5.86. The van der Waals surface area contributed by atoms with Gasteiger partial charge in [-0.2, -0.15) is 0 Å². The first-order valence-electron chi connectivity index (χ1n) is 6.73. The molecule has 1 N–H and O–H groups in total. The third kappa shape index (κ3) is 2.87. The summed E-state index contributed by atoms with van der Waals surface area (Å²) in [5.41, 5.74) is -0.0228. The summed E-state index contributed by atoms with van der Waals surface area (Å²) >= 11 is 0. The molecule has 0 aromatic carbocycles. The summed E-state index contributed by atoms with van der Waals surface area (Å²) < 4.78 is 5.27. The smallest absolute Gasteiger partial charge is 0.354 e. The average Bonchev–Trinajstić information content (AvgIpc) is 3.02. The van der Waals surface area contributed by atoms with E-state index in [1.54, 1.807) is 12.1 Å². The summed E-state index contributed by atoms with van der Waals surface area (Å²) in [4.78, 5) is 24.0. The molecule has 0 saturated carbocycles. The van der Waals surface area contributed by atoms with Crippen LogP contribution in [0.1, 0.15) is 10.5 Å². The molecular weight excluding hydrogens is 272 g/mol. The second-order valence-electron chi connectivity index (χ2n) is 5.01. The molecule has 1 fully saturated rings. The molecular formula is C14H16N4O3. The normalized spacial score (nSPS) is 16.1. The molecule has 7 heteroatoms. The number of furan rings is 1. The first-order chi connectivity index (χ1) is 10.1. The first kappa shape index (κ1) is 13.6. The first-order valence-corrected chi connectivity index (χ1v) is 6.73. The topological polar surface area (TPSA) is 82.7 Å². The van der Waals surface area contributed by atoms with E-state index in [9.17, 15) is 9.90 Å². The van der Waals surface area contributed by atoms with Gasteiger partial charge in [-0.1, -0.05) is 0 Å². The van der Waals surface area contributed by atoms with E-state index >= 15 is 0 Å². The molecule has 110 valence electrons.